The summed E-state index contributed by atoms with van der Waals surface area (Å²) in [6.45, 7) is 7.38. The van der Waals surface area contributed by atoms with E-state index in [2.05, 4.69) is 18.5 Å². The summed E-state index contributed by atoms with van der Waals surface area (Å²) in [5, 5.41) is 2.61. The third-order valence-electron chi connectivity index (χ3n) is 2.94. The average molecular weight is 264 g/mol. The lowest BCUT2D eigenvalue weighted by Gasteiger charge is -2.37. The first-order valence-corrected chi connectivity index (χ1v) is 6.45. The van der Waals surface area contributed by atoms with Crippen LogP contribution in [0.5, 0.6) is 0 Å². The van der Waals surface area contributed by atoms with E-state index in [1.807, 2.05) is 0 Å². The quantitative estimate of drug-likeness (QED) is 0.406. The molecule has 0 spiro atoms. The predicted molar refractivity (Wildman–Crippen MR) is 72.1 cm³/mol. The van der Waals surface area contributed by atoms with E-state index in [1.165, 1.54) is 4.90 Å². The van der Waals surface area contributed by atoms with Crippen molar-refractivity contribution in [2.75, 3.05) is 6.54 Å². The maximum Gasteiger partial charge on any atom is 0.253 e. The van der Waals surface area contributed by atoms with Gasteiger partial charge in [0.25, 0.3) is 5.91 Å². The van der Waals surface area contributed by atoms with Gasteiger partial charge in [-0.15, -0.1) is 13.2 Å². The van der Waals surface area contributed by atoms with Gasteiger partial charge in [0.15, 0.2) is 0 Å². The van der Waals surface area contributed by atoms with Crippen molar-refractivity contribution in [1.82, 2.24) is 10.2 Å². The minimum atomic E-state index is -0.541. The topological polar surface area (TPSA) is 66.5 Å². The van der Waals surface area contributed by atoms with Crippen LogP contribution in [0.1, 0.15) is 32.1 Å². The summed E-state index contributed by atoms with van der Waals surface area (Å²) >= 11 is 0. The van der Waals surface area contributed by atoms with E-state index >= 15 is 0 Å². The molecule has 1 aliphatic heterocycles. The molecule has 0 bridgehead atoms. The van der Waals surface area contributed by atoms with Crippen molar-refractivity contribution in [2.45, 2.75) is 38.1 Å². The number of amides is 3. The van der Waals surface area contributed by atoms with E-state index < -0.39 is 6.04 Å². The van der Waals surface area contributed by atoms with Crippen LogP contribution < -0.4 is 5.32 Å². The van der Waals surface area contributed by atoms with Crippen LogP contribution in [0.15, 0.2) is 25.3 Å². The second-order valence-electron chi connectivity index (χ2n) is 4.47. The number of carbonyl (C=O) groups is 3. The van der Waals surface area contributed by atoms with Gasteiger partial charge in [0.1, 0.15) is 6.04 Å². The Morgan fingerprint density at radius 3 is 2.53 bits per heavy atom. The maximum absolute atomic E-state index is 11.7. The number of likely N-dealkylation sites (tertiary alicyclic amines) is 1. The fourth-order valence-corrected chi connectivity index (χ4v) is 1.79. The zero-order valence-corrected chi connectivity index (χ0v) is 11.1. The molecular weight excluding hydrogens is 244 g/mol. The Morgan fingerprint density at radius 1 is 1.26 bits per heavy atom. The lowest BCUT2D eigenvalue weighted by Crippen LogP contribution is -2.65. The van der Waals surface area contributed by atoms with Gasteiger partial charge in [-0.25, -0.2) is 0 Å². The second kappa shape index (κ2) is 7.51. The molecule has 1 aliphatic rings. The van der Waals surface area contributed by atoms with Crippen LogP contribution in [-0.2, 0) is 14.4 Å². The molecule has 1 fully saturated rings. The number of unbranched alkanes of at least 4 members (excludes halogenated alkanes) is 1. The number of nitrogens with zero attached hydrogens (tertiary/aromatic N) is 1. The highest BCUT2D eigenvalue weighted by Crippen LogP contribution is 2.13. The zero-order valence-electron chi connectivity index (χ0n) is 11.1. The molecule has 1 saturated heterocycles. The Balaban J connectivity index is 2.28. The van der Waals surface area contributed by atoms with Crippen LogP contribution in [0.25, 0.3) is 0 Å². The monoisotopic (exact) mass is 264 g/mol. The molecule has 3 amide bonds. The first-order valence-electron chi connectivity index (χ1n) is 6.45. The molecule has 1 N–H and O–H groups in total. The van der Waals surface area contributed by atoms with E-state index in [9.17, 15) is 14.4 Å². The normalized spacial score (nSPS) is 17.6. The highest BCUT2D eigenvalue weighted by Gasteiger charge is 2.40. The smallest absolute Gasteiger partial charge is 0.253 e. The number of hydrogen-bond acceptors (Lipinski definition) is 3. The molecule has 1 atom stereocenters. The minimum Gasteiger partial charge on any atom is -0.343 e. The van der Waals surface area contributed by atoms with Gasteiger partial charge in [0, 0.05) is 12.8 Å². The number of hydrogen-bond donors (Lipinski definition) is 1. The van der Waals surface area contributed by atoms with Crippen LogP contribution >= 0.6 is 0 Å². The van der Waals surface area contributed by atoms with Gasteiger partial charge < -0.3 is 5.32 Å². The third kappa shape index (κ3) is 4.35. The molecule has 1 rings (SSSR count). The summed E-state index contributed by atoms with van der Waals surface area (Å²) in [6, 6.07) is -0.541. The first-order chi connectivity index (χ1) is 9.10. The number of nitrogens with one attached hydrogen (secondary N) is 1. The SMILES string of the molecule is C=CCCCC(=O)N1C[C@H](NC(=O)CCC=C)C1=O. The van der Waals surface area contributed by atoms with Crippen molar-refractivity contribution >= 4 is 17.7 Å². The summed E-state index contributed by atoms with van der Waals surface area (Å²) in [7, 11) is 0. The molecule has 0 radical (unpaired) electrons. The fraction of sp³-hybridized carbons (Fsp3) is 0.500. The van der Waals surface area contributed by atoms with E-state index in [-0.39, 0.29) is 24.3 Å². The molecule has 0 unspecified atom stereocenters. The van der Waals surface area contributed by atoms with Gasteiger partial charge in [-0.2, -0.15) is 0 Å². The lowest BCUT2D eigenvalue weighted by atomic mass is 10.1. The van der Waals surface area contributed by atoms with Crippen LogP contribution in [0, 0.1) is 0 Å². The van der Waals surface area contributed by atoms with E-state index in [4.69, 9.17) is 0 Å². The van der Waals surface area contributed by atoms with E-state index in [0.29, 0.717) is 25.7 Å². The van der Waals surface area contributed by atoms with Crippen molar-refractivity contribution in [3.63, 3.8) is 0 Å². The highest BCUT2D eigenvalue weighted by molar-refractivity contribution is 6.04. The number of carbonyl (C=O) groups excluding carboxylic acids is 3. The summed E-state index contributed by atoms with van der Waals surface area (Å²) in [4.78, 5) is 36.0. The van der Waals surface area contributed by atoms with Crippen LogP contribution in [0.3, 0.4) is 0 Å². The standard InChI is InChI=1S/C14H20N2O3/c1-3-5-7-9-13(18)16-10-11(14(16)19)15-12(17)8-6-4-2/h3-4,11H,1-2,5-10H2,(H,15,17)/t11-/m0/s1. The Labute approximate surface area is 113 Å². The Kier molecular flexibility index (Phi) is 5.99. The first kappa shape index (κ1) is 15.1. The molecule has 0 saturated carbocycles. The Hall–Kier alpha value is -1.91. The van der Waals surface area contributed by atoms with Crippen molar-refractivity contribution in [2.24, 2.45) is 0 Å². The zero-order chi connectivity index (χ0) is 14.3. The van der Waals surface area contributed by atoms with E-state index in [1.54, 1.807) is 12.2 Å². The average Bonchev–Trinajstić information content (AvgIpc) is 2.40. The summed E-state index contributed by atoms with van der Waals surface area (Å²) in [5.74, 6) is -0.670. The highest BCUT2D eigenvalue weighted by atomic mass is 16.2. The van der Waals surface area contributed by atoms with Crippen molar-refractivity contribution < 1.29 is 14.4 Å². The maximum atomic E-state index is 11.7. The number of imide groups is 1. The molecule has 104 valence electrons. The summed E-state index contributed by atoms with van der Waals surface area (Å²) in [6.07, 6.45) is 6.09. The number of rotatable bonds is 8. The largest absolute Gasteiger partial charge is 0.343 e. The summed E-state index contributed by atoms with van der Waals surface area (Å²) in [5.41, 5.74) is 0. The molecule has 1 heterocycles. The van der Waals surface area contributed by atoms with Gasteiger partial charge in [0.2, 0.25) is 11.8 Å². The molecule has 5 nitrogen and oxygen atoms in total. The molecule has 0 aliphatic carbocycles. The van der Waals surface area contributed by atoms with Gasteiger partial charge in [-0.3, -0.25) is 19.3 Å². The molecule has 0 aromatic carbocycles. The van der Waals surface area contributed by atoms with Gasteiger partial charge in [0.05, 0.1) is 6.54 Å². The predicted octanol–water partition coefficient (Wildman–Crippen LogP) is 1.16. The number of allylic oxidation sites excluding steroid dienone is 2. The second-order valence-corrected chi connectivity index (χ2v) is 4.47. The molecule has 0 aromatic heterocycles. The van der Waals surface area contributed by atoms with Crippen molar-refractivity contribution in [1.29, 1.82) is 0 Å². The van der Waals surface area contributed by atoms with E-state index in [0.717, 1.165) is 6.42 Å². The molecule has 0 aromatic rings. The van der Waals surface area contributed by atoms with Crippen molar-refractivity contribution in [3.8, 4) is 0 Å². The van der Waals surface area contributed by atoms with Crippen LogP contribution in [0.2, 0.25) is 0 Å². The lowest BCUT2D eigenvalue weighted by molar-refractivity contribution is -0.157. The Bertz CT molecular complexity index is 390. The minimum absolute atomic E-state index is 0.177. The summed E-state index contributed by atoms with van der Waals surface area (Å²) < 4.78 is 0. The van der Waals surface area contributed by atoms with Crippen molar-refractivity contribution in [3.05, 3.63) is 25.3 Å². The fourth-order valence-electron chi connectivity index (χ4n) is 1.79. The van der Waals surface area contributed by atoms with Crippen LogP contribution in [-0.4, -0.2) is 35.2 Å². The van der Waals surface area contributed by atoms with Gasteiger partial charge in [-0.1, -0.05) is 12.2 Å². The Morgan fingerprint density at radius 2 is 1.95 bits per heavy atom. The van der Waals surface area contributed by atoms with Gasteiger partial charge >= 0.3 is 0 Å². The molecule has 19 heavy (non-hydrogen) atoms. The molecular formula is C14H20N2O3. The third-order valence-corrected chi connectivity index (χ3v) is 2.94. The van der Waals surface area contributed by atoms with Crippen LogP contribution in [0.4, 0.5) is 0 Å². The number of β-lactam (4-membered cyclic amide) rings is 1. The molecule has 5 heteroatoms. The van der Waals surface area contributed by atoms with Gasteiger partial charge in [-0.05, 0) is 19.3 Å².